The molecule has 0 aliphatic rings. The number of halogens is 3. The summed E-state index contributed by atoms with van der Waals surface area (Å²) in [7, 11) is 0. The number of nitrogens with one attached hydrogen (secondary N) is 1. The number of nitrogens with zero attached hydrogens (tertiary/aromatic N) is 1. The lowest BCUT2D eigenvalue weighted by atomic mass is 10.2. The third kappa shape index (κ3) is 5.54. The molecule has 0 fully saturated rings. The fraction of sp³-hybridized carbons (Fsp3) is 0.333. The summed E-state index contributed by atoms with van der Waals surface area (Å²) in [6.07, 6.45) is 0. The van der Waals surface area contributed by atoms with Crippen molar-refractivity contribution < 1.29 is 18.0 Å². The molecule has 3 nitrogen and oxygen atoms in total. The van der Waals surface area contributed by atoms with E-state index in [4.69, 9.17) is 0 Å². The van der Waals surface area contributed by atoms with E-state index in [1.54, 1.807) is 11.3 Å². The highest BCUT2D eigenvalue weighted by atomic mass is 32.2. The number of carbonyl (C=O) groups excluding carboxylic acids is 1. The molecule has 8 heteroatoms. The minimum absolute atomic E-state index is 0.0510. The highest BCUT2D eigenvalue weighted by molar-refractivity contribution is 8.00. The van der Waals surface area contributed by atoms with Crippen molar-refractivity contribution in [2.45, 2.75) is 36.7 Å². The third-order valence-corrected chi connectivity index (χ3v) is 4.78. The fourth-order valence-corrected chi connectivity index (χ4v) is 3.12. The van der Waals surface area contributed by atoms with Gasteiger partial charge >= 0.3 is 5.51 Å². The van der Waals surface area contributed by atoms with Crippen LogP contribution in [-0.2, 0) is 6.54 Å². The minimum Gasteiger partial charge on any atom is -0.346 e. The summed E-state index contributed by atoms with van der Waals surface area (Å²) in [4.78, 5) is 16.4. The summed E-state index contributed by atoms with van der Waals surface area (Å²) in [6.45, 7) is 4.38. The largest absolute Gasteiger partial charge is 0.446 e. The summed E-state index contributed by atoms with van der Waals surface area (Å²) in [5.41, 5.74) is -3.24. The quantitative estimate of drug-likeness (QED) is 0.778. The van der Waals surface area contributed by atoms with Crippen LogP contribution in [0.1, 0.15) is 40.8 Å². The zero-order chi connectivity index (χ0) is 17.0. The average molecular weight is 360 g/mol. The smallest absolute Gasteiger partial charge is 0.346 e. The minimum atomic E-state index is -4.33. The van der Waals surface area contributed by atoms with Crippen LogP contribution in [-0.4, -0.2) is 16.4 Å². The van der Waals surface area contributed by atoms with Gasteiger partial charge in [-0.25, -0.2) is 4.98 Å². The molecule has 2 rings (SSSR count). The molecular formula is C15H15F3N2OS2. The Labute approximate surface area is 140 Å². The summed E-state index contributed by atoms with van der Waals surface area (Å²) in [5.74, 6) is -0.00390. The van der Waals surface area contributed by atoms with Gasteiger partial charge in [-0.1, -0.05) is 13.8 Å². The predicted molar refractivity (Wildman–Crippen MR) is 85.7 cm³/mol. The SMILES string of the molecule is CC(C)c1nc(CNC(=O)c2ccc(SC(F)(F)F)cc2)cs1. The van der Waals surface area contributed by atoms with Crippen LogP contribution in [0.15, 0.2) is 34.5 Å². The molecule has 2 aromatic rings. The number of thioether (sulfide) groups is 1. The highest BCUT2D eigenvalue weighted by Gasteiger charge is 2.29. The molecule has 0 aliphatic heterocycles. The molecule has 0 radical (unpaired) electrons. The lowest BCUT2D eigenvalue weighted by Gasteiger charge is -2.07. The van der Waals surface area contributed by atoms with Gasteiger partial charge in [0.05, 0.1) is 17.2 Å². The van der Waals surface area contributed by atoms with E-state index in [-0.39, 0.29) is 22.6 Å². The van der Waals surface area contributed by atoms with Gasteiger partial charge in [0.25, 0.3) is 5.91 Å². The number of rotatable bonds is 5. The number of carbonyl (C=O) groups is 1. The standard InChI is InChI=1S/C15H15F3N2OS2/c1-9(2)14-20-11(8-22-14)7-19-13(21)10-3-5-12(6-4-10)23-15(16,17)18/h3-6,8-9H,7H2,1-2H3,(H,19,21). The van der Waals surface area contributed by atoms with Crippen LogP contribution in [0.4, 0.5) is 13.2 Å². The highest BCUT2D eigenvalue weighted by Crippen LogP contribution is 2.36. The van der Waals surface area contributed by atoms with Crippen LogP contribution in [0, 0.1) is 0 Å². The number of aromatic nitrogens is 1. The van der Waals surface area contributed by atoms with Crippen molar-refractivity contribution in [1.82, 2.24) is 10.3 Å². The number of alkyl halides is 3. The third-order valence-electron chi connectivity index (χ3n) is 2.84. The molecule has 0 aliphatic carbocycles. The van der Waals surface area contributed by atoms with Gasteiger partial charge in [0.1, 0.15) is 0 Å². The van der Waals surface area contributed by atoms with Crippen molar-refractivity contribution in [3.8, 4) is 0 Å². The van der Waals surface area contributed by atoms with Gasteiger partial charge < -0.3 is 5.32 Å². The Morgan fingerprint density at radius 2 is 1.96 bits per heavy atom. The Morgan fingerprint density at radius 3 is 2.48 bits per heavy atom. The second-order valence-electron chi connectivity index (χ2n) is 5.09. The van der Waals surface area contributed by atoms with Gasteiger partial charge in [0.15, 0.2) is 0 Å². The van der Waals surface area contributed by atoms with Crippen molar-refractivity contribution in [2.75, 3.05) is 0 Å². The first-order chi connectivity index (χ1) is 10.7. The lowest BCUT2D eigenvalue weighted by Crippen LogP contribution is -2.22. The Bertz CT molecular complexity index is 666. The van der Waals surface area contributed by atoms with Gasteiger partial charge in [-0.2, -0.15) is 13.2 Å². The molecule has 0 bridgehead atoms. The maximum atomic E-state index is 12.2. The Morgan fingerprint density at radius 1 is 1.30 bits per heavy atom. The molecule has 124 valence electrons. The van der Waals surface area contributed by atoms with Crippen molar-refractivity contribution in [3.05, 3.63) is 45.9 Å². The first-order valence-corrected chi connectivity index (χ1v) is 8.52. The maximum absolute atomic E-state index is 12.2. The van der Waals surface area contributed by atoms with Crippen molar-refractivity contribution in [1.29, 1.82) is 0 Å². The molecule has 0 spiro atoms. The van der Waals surface area contributed by atoms with Crippen molar-refractivity contribution in [2.24, 2.45) is 0 Å². The molecule has 1 heterocycles. The Hall–Kier alpha value is -1.54. The lowest BCUT2D eigenvalue weighted by molar-refractivity contribution is -0.0328. The number of hydrogen-bond donors (Lipinski definition) is 1. The van der Waals surface area contributed by atoms with Crippen LogP contribution in [0.2, 0.25) is 0 Å². The van der Waals surface area contributed by atoms with Gasteiger partial charge in [-0.3, -0.25) is 4.79 Å². The number of hydrogen-bond acceptors (Lipinski definition) is 4. The molecule has 1 amide bonds. The molecule has 1 N–H and O–H groups in total. The zero-order valence-electron chi connectivity index (χ0n) is 12.5. The summed E-state index contributed by atoms with van der Waals surface area (Å²) in [6, 6.07) is 5.33. The molecule has 23 heavy (non-hydrogen) atoms. The topological polar surface area (TPSA) is 42.0 Å². The number of amides is 1. The van der Waals surface area contributed by atoms with Gasteiger partial charge in [0, 0.05) is 21.8 Å². The van der Waals surface area contributed by atoms with Gasteiger partial charge in [-0.15, -0.1) is 11.3 Å². The summed E-state index contributed by atoms with van der Waals surface area (Å²) >= 11 is 1.34. The first-order valence-electron chi connectivity index (χ1n) is 6.83. The van der Waals surface area contributed by atoms with Gasteiger partial charge in [0.2, 0.25) is 0 Å². The van der Waals surface area contributed by atoms with E-state index < -0.39 is 5.51 Å². The molecule has 0 saturated heterocycles. The van der Waals surface area contributed by atoms with E-state index in [1.165, 1.54) is 24.3 Å². The van der Waals surface area contributed by atoms with E-state index in [0.717, 1.165) is 10.7 Å². The van der Waals surface area contributed by atoms with Crippen molar-refractivity contribution in [3.63, 3.8) is 0 Å². The molecular weight excluding hydrogens is 345 g/mol. The van der Waals surface area contributed by atoms with E-state index in [2.05, 4.69) is 10.3 Å². The van der Waals surface area contributed by atoms with E-state index in [0.29, 0.717) is 18.0 Å². The molecule has 0 atom stereocenters. The summed E-state index contributed by atoms with van der Waals surface area (Å²) < 4.78 is 36.7. The predicted octanol–water partition coefficient (Wildman–Crippen LogP) is 4.81. The fourth-order valence-electron chi connectivity index (χ4n) is 1.75. The van der Waals surface area contributed by atoms with Crippen LogP contribution < -0.4 is 5.32 Å². The van der Waals surface area contributed by atoms with Crippen molar-refractivity contribution >= 4 is 29.0 Å². The Balaban J connectivity index is 1.92. The monoisotopic (exact) mass is 360 g/mol. The Kier molecular flexibility index (Phi) is 5.69. The number of thiazole rings is 1. The molecule has 0 unspecified atom stereocenters. The normalized spacial score (nSPS) is 11.7. The van der Waals surface area contributed by atoms with Crippen LogP contribution >= 0.6 is 23.1 Å². The molecule has 0 saturated carbocycles. The first kappa shape index (κ1) is 17.8. The van der Waals surface area contributed by atoms with Crippen LogP contribution in [0.25, 0.3) is 0 Å². The van der Waals surface area contributed by atoms with Crippen LogP contribution in [0.5, 0.6) is 0 Å². The zero-order valence-corrected chi connectivity index (χ0v) is 14.1. The maximum Gasteiger partial charge on any atom is 0.446 e. The van der Waals surface area contributed by atoms with Gasteiger partial charge in [-0.05, 0) is 36.0 Å². The summed E-state index contributed by atoms with van der Waals surface area (Å²) in [5, 5.41) is 5.60. The molecule has 1 aromatic heterocycles. The van der Waals surface area contributed by atoms with E-state index >= 15 is 0 Å². The molecule has 1 aromatic carbocycles. The second-order valence-corrected chi connectivity index (χ2v) is 7.11. The van der Waals surface area contributed by atoms with E-state index in [9.17, 15) is 18.0 Å². The van der Waals surface area contributed by atoms with E-state index in [1.807, 2.05) is 19.2 Å². The second kappa shape index (κ2) is 7.35. The average Bonchev–Trinajstić information content (AvgIpc) is 2.93. The number of benzene rings is 1. The van der Waals surface area contributed by atoms with Crippen LogP contribution in [0.3, 0.4) is 0 Å².